The van der Waals surface area contributed by atoms with Crippen LogP contribution in [0.5, 0.6) is 5.75 Å². The van der Waals surface area contributed by atoms with Gasteiger partial charge in [0.2, 0.25) is 5.95 Å². The Hall–Kier alpha value is -4.27. The topological polar surface area (TPSA) is 78.9 Å². The molecule has 3 heterocycles. The minimum absolute atomic E-state index is 0.0603. The van der Waals surface area contributed by atoms with E-state index in [9.17, 15) is 14.0 Å². The Morgan fingerprint density at radius 1 is 0.824 bits per heavy atom. The number of benzene rings is 2. The van der Waals surface area contributed by atoms with E-state index in [1.165, 1.54) is 18.2 Å². The van der Waals surface area contributed by atoms with Crippen molar-refractivity contribution in [1.29, 1.82) is 0 Å². The van der Waals surface area contributed by atoms with Gasteiger partial charge < -0.3 is 14.5 Å². The van der Waals surface area contributed by atoms with Gasteiger partial charge in [0.1, 0.15) is 17.3 Å². The third kappa shape index (κ3) is 3.75. The minimum atomic E-state index is -0.634. The molecule has 2 amide bonds. The summed E-state index contributed by atoms with van der Waals surface area (Å²) in [6.07, 6.45) is 3.37. The molecule has 3 aromatic rings. The number of hydrogen-bond donors (Lipinski definition) is 0. The van der Waals surface area contributed by atoms with E-state index in [0.717, 1.165) is 4.90 Å². The number of rotatable bonds is 5. The normalized spacial score (nSPS) is 16.5. The van der Waals surface area contributed by atoms with Gasteiger partial charge in [-0.2, -0.15) is 0 Å². The van der Waals surface area contributed by atoms with Crippen molar-refractivity contribution in [3.05, 3.63) is 84.1 Å². The number of imide groups is 1. The molecule has 2 aromatic carbocycles. The van der Waals surface area contributed by atoms with Gasteiger partial charge in [0, 0.05) is 38.6 Å². The van der Waals surface area contributed by atoms with Gasteiger partial charge >= 0.3 is 0 Å². The van der Waals surface area contributed by atoms with E-state index in [-0.39, 0.29) is 17.0 Å². The highest BCUT2D eigenvalue weighted by Crippen LogP contribution is 2.36. The number of methoxy groups -OCH3 is 1. The lowest BCUT2D eigenvalue weighted by Gasteiger charge is -2.36. The van der Waals surface area contributed by atoms with Crippen molar-refractivity contribution in [2.45, 2.75) is 0 Å². The second-order valence-electron chi connectivity index (χ2n) is 7.87. The first kappa shape index (κ1) is 21.6. The molecule has 34 heavy (non-hydrogen) atoms. The Bertz CT molecular complexity index is 1260. The third-order valence-electron chi connectivity index (χ3n) is 5.96. The number of halogens is 1. The minimum Gasteiger partial charge on any atom is -0.497 e. The Kier molecular flexibility index (Phi) is 5.67. The summed E-state index contributed by atoms with van der Waals surface area (Å²) in [5.74, 6) is -0.474. The zero-order valence-corrected chi connectivity index (χ0v) is 18.5. The second-order valence-corrected chi connectivity index (χ2v) is 7.87. The van der Waals surface area contributed by atoms with E-state index in [4.69, 9.17) is 4.74 Å². The monoisotopic (exact) mass is 459 g/mol. The molecule has 9 heteroatoms. The van der Waals surface area contributed by atoms with Crippen LogP contribution in [0.25, 0.3) is 5.57 Å². The van der Waals surface area contributed by atoms with Crippen molar-refractivity contribution in [2.24, 2.45) is 0 Å². The smallest absolute Gasteiger partial charge is 0.282 e. The van der Waals surface area contributed by atoms with E-state index >= 15 is 0 Å². The van der Waals surface area contributed by atoms with Gasteiger partial charge in [0.15, 0.2) is 0 Å². The molecule has 8 nitrogen and oxygen atoms in total. The lowest BCUT2D eigenvalue weighted by atomic mass is 10.0. The molecule has 1 fully saturated rings. The number of carbonyl (C=O) groups excluding carboxylic acids is 2. The molecule has 1 saturated heterocycles. The highest BCUT2D eigenvalue weighted by Gasteiger charge is 2.44. The Morgan fingerprint density at radius 3 is 2.12 bits per heavy atom. The van der Waals surface area contributed by atoms with Gasteiger partial charge in [-0.25, -0.2) is 19.3 Å². The predicted molar refractivity (Wildman–Crippen MR) is 125 cm³/mol. The summed E-state index contributed by atoms with van der Waals surface area (Å²) >= 11 is 0. The molecule has 172 valence electrons. The van der Waals surface area contributed by atoms with Crippen LogP contribution in [-0.2, 0) is 9.59 Å². The summed E-state index contributed by atoms with van der Waals surface area (Å²) in [5.41, 5.74) is 1.03. The predicted octanol–water partition coefficient (Wildman–Crippen LogP) is 2.73. The summed E-state index contributed by atoms with van der Waals surface area (Å²) in [4.78, 5) is 40.6. The third-order valence-corrected chi connectivity index (χ3v) is 5.96. The molecule has 2 aliphatic rings. The van der Waals surface area contributed by atoms with Crippen molar-refractivity contribution in [3.63, 3.8) is 0 Å². The molecule has 0 saturated carbocycles. The molecule has 0 spiro atoms. The van der Waals surface area contributed by atoms with Crippen molar-refractivity contribution in [1.82, 2.24) is 14.9 Å². The largest absolute Gasteiger partial charge is 0.497 e. The fourth-order valence-electron chi connectivity index (χ4n) is 4.27. The Labute approximate surface area is 195 Å². The van der Waals surface area contributed by atoms with Crippen LogP contribution >= 0.6 is 0 Å². The maximum absolute atomic E-state index is 14.6. The lowest BCUT2D eigenvalue weighted by molar-refractivity contribution is -0.120. The lowest BCUT2D eigenvalue weighted by Crippen LogP contribution is -2.48. The Morgan fingerprint density at radius 2 is 1.47 bits per heavy atom. The summed E-state index contributed by atoms with van der Waals surface area (Å²) < 4.78 is 19.8. The molecular formula is C25H22FN5O3. The molecule has 0 atom stereocenters. The second kappa shape index (κ2) is 8.93. The van der Waals surface area contributed by atoms with E-state index in [0.29, 0.717) is 43.4 Å². The number of piperazine rings is 1. The molecular weight excluding hydrogens is 437 g/mol. The fraction of sp³-hybridized carbons (Fsp3) is 0.200. The number of anilines is 2. The number of aromatic nitrogens is 2. The number of para-hydroxylation sites is 1. The molecule has 0 unspecified atom stereocenters. The van der Waals surface area contributed by atoms with Crippen molar-refractivity contribution < 1.29 is 18.7 Å². The van der Waals surface area contributed by atoms with E-state index < -0.39 is 17.6 Å². The zero-order chi connectivity index (χ0) is 23.7. The number of nitrogens with zero attached hydrogens (tertiary/aromatic N) is 5. The fourth-order valence-corrected chi connectivity index (χ4v) is 4.27. The van der Waals surface area contributed by atoms with Gasteiger partial charge in [-0.05, 0) is 35.9 Å². The molecule has 0 aliphatic carbocycles. The zero-order valence-electron chi connectivity index (χ0n) is 18.5. The van der Waals surface area contributed by atoms with Crippen LogP contribution in [0.1, 0.15) is 5.56 Å². The Balaban J connectivity index is 1.51. The number of carbonyl (C=O) groups is 2. The van der Waals surface area contributed by atoms with Crippen LogP contribution in [0.3, 0.4) is 0 Å². The highest BCUT2D eigenvalue weighted by atomic mass is 19.1. The van der Waals surface area contributed by atoms with E-state index in [1.54, 1.807) is 55.9 Å². The van der Waals surface area contributed by atoms with Gasteiger partial charge in [-0.1, -0.05) is 24.3 Å². The summed E-state index contributed by atoms with van der Waals surface area (Å²) in [7, 11) is 1.56. The average Bonchev–Trinajstić information content (AvgIpc) is 3.14. The first-order valence-corrected chi connectivity index (χ1v) is 10.9. The van der Waals surface area contributed by atoms with E-state index in [2.05, 4.69) is 9.97 Å². The maximum Gasteiger partial charge on any atom is 0.282 e. The number of ether oxygens (including phenoxy) is 1. The van der Waals surface area contributed by atoms with E-state index in [1.807, 2.05) is 9.80 Å². The SMILES string of the molecule is COc1ccc(C2=C(N3CCN(c4ncccn4)CC3)C(=O)N(c3ccccc3F)C2=O)cc1. The first-order chi connectivity index (χ1) is 16.6. The number of amides is 2. The standard InChI is InChI=1S/C25H22FN5O3/c1-34-18-9-7-17(8-10-18)21-22(24(33)31(23(21)32)20-6-3-2-5-19(20)26)29-13-15-30(16-14-29)25-27-11-4-12-28-25/h2-12H,13-16H2,1H3. The van der Waals surface area contributed by atoms with Crippen LogP contribution in [0.15, 0.2) is 72.7 Å². The average molecular weight is 459 g/mol. The summed E-state index contributed by atoms with van der Waals surface area (Å²) in [5, 5.41) is 0. The molecule has 0 bridgehead atoms. The molecule has 0 N–H and O–H groups in total. The molecule has 1 aromatic heterocycles. The van der Waals surface area contributed by atoms with Crippen LogP contribution in [0.4, 0.5) is 16.0 Å². The molecule has 5 rings (SSSR count). The summed E-state index contributed by atoms with van der Waals surface area (Å²) in [6, 6.07) is 14.5. The first-order valence-electron chi connectivity index (χ1n) is 10.9. The van der Waals surface area contributed by atoms with Gasteiger partial charge in [0.25, 0.3) is 11.8 Å². The summed E-state index contributed by atoms with van der Waals surface area (Å²) in [6.45, 7) is 2.11. The highest BCUT2D eigenvalue weighted by molar-refractivity contribution is 6.45. The van der Waals surface area contributed by atoms with Crippen molar-refractivity contribution in [2.75, 3.05) is 43.1 Å². The van der Waals surface area contributed by atoms with Crippen LogP contribution in [0.2, 0.25) is 0 Å². The van der Waals surface area contributed by atoms with Crippen molar-refractivity contribution >= 4 is 29.0 Å². The van der Waals surface area contributed by atoms with Crippen molar-refractivity contribution in [3.8, 4) is 5.75 Å². The van der Waals surface area contributed by atoms with Crippen LogP contribution < -0.4 is 14.5 Å². The van der Waals surface area contributed by atoms with Gasteiger partial charge in [0.05, 0.1) is 18.4 Å². The molecule has 0 radical (unpaired) electrons. The van der Waals surface area contributed by atoms with Crippen LogP contribution in [0, 0.1) is 5.82 Å². The van der Waals surface area contributed by atoms with Crippen LogP contribution in [-0.4, -0.2) is 60.0 Å². The molecule has 2 aliphatic heterocycles. The van der Waals surface area contributed by atoms with Gasteiger partial charge in [-0.15, -0.1) is 0 Å². The number of hydrogen-bond acceptors (Lipinski definition) is 7. The quantitative estimate of drug-likeness (QED) is 0.543. The van der Waals surface area contributed by atoms with Gasteiger partial charge in [-0.3, -0.25) is 9.59 Å². The maximum atomic E-state index is 14.6.